The minimum Gasteiger partial charge on any atom is -0.505 e. The Morgan fingerprint density at radius 1 is 0.939 bits per heavy atom. The molecule has 0 bridgehead atoms. The molecule has 6 N–H and O–H groups in total. The largest absolute Gasteiger partial charge is 0.505 e. The van der Waals surface area contributed by atoms with E-state index in [-0.39, 0.29) is 5.75 Å². The van der Waals surface area contributed by atoms with Gasteiger partial charge < -0.3 is 49.6 Å². The van der Waals surface area contributed by atoms with Crippen molar-refractivity contribution in [3.63, 3.8) is 0 Å². The first-order valence-electron chi connectivity index (χ1n) is 9.30. The average Bonchev–Trinajstić information content (AvgIpc) is 3.10. The lowest BCUT2D eigenvalue weighted by Gasteiger charge is -2.14. The number of carboxylic acids is 1. The Morgan fingerprint density at radius 2 is 1.48 bits per heavy atom. The average molecular weight is 473 g/mol. The van der Waals surface area contributed by atoms with Crippen LogP contribution in [0.4, 0.5) is 0 Å². The fourth-order valence-corrected chi connectivity index (χ4v) is 2.87. The molecule has 2 heterocycles. The quantitative estimate of drug-likeness (QED) is 0.203. The minimum absolute atomic E-state index is 0.304. The Balaban J connectivity index is 2.80. The number of methoxy groups -OCH3 is 2. The van der Waals surface area contributed by atoms with Crippen molar-refractivity contribution in [3.05, 3.63) is 23.0 Å². The van der Waals surface area contributed by atoms with Crippen molar-refractivity contribution >= 4 is 23.4 Å². The van der Waals surface area contributed by atoms with Crippen LogP contribution in [0.3, 0.4) is 0 Å². The lowest BCUT2D eigenvalue weighted by molar-refractivity contribution is 0.00593. The first-order valence-corrected chi connectivity index (χ1v) is 9.30. The van der Waals surface area contributed by atoms with Crippen LogP contribution in [0, 0.1) is 0 Å². The number of carbonyl (C=O) groups is 3. The predicted molar refractivity (Wildman–Crippen MR) is 106 cm³/mol. The van der Waals surface area contributed by atoms with E-state index in [0.717, 1.165) is 24.8 Å². The van der Waals surface area contributed by atoms with Crippen molar-refractivity contribution in [2.75, 3.05) is 40.6 Å². The fraction of sp³-hybridized carbons (Fsp3) is 0.421. The van der Waals surface area contributed by atoms with Crippen molar-refractivity contribution < 1.29 is 64.0 Å². The van der Waals surface area contributed by atoms with Crippen molar-refractivity contribution in [2.24, 2.45) is 0 Å². The lowest BCUT2D eigenvalue weighted by Crippen LogP contribution is -2.25. The molecule has 2 aromatic rings. The molecular weight excluding hydrogens is 450 g/mol. The third-order valence-corrected chi connectivity index (χ3v) is 4.39. The summed E-state index contributed by atoms with van der Waals surface area (Å²) in [7, 11) is 2.22. The van der Waals surface area contributed by atoms with Gasteiger partial charge in [-0.1, -0.05) is 0 Å². The molecule has 0 aliphatic carbocycles. The van der Waals surface area contributed by atoms with E-state index in [4.69, 9.17) is 29.2 Å². The number of aromatic carboxylic acids is 1. The zero-order valence-electron chi connectivity index (χ0n) is 17.5. The van der Waals surface area contributed by atoms with E-state index in [2.05, 4.69) is 0 Å². The highest BCUT2D eigenvalue weighted by Gasteiger charge is 2.35. The molecule has 2 rings (SSSR count). The van der Waals surface area contributed by atoms with Crippen LogP contribution in [0.25, 0.3) is 5.52 Å². The van der Waals surface area contributed by atoms with E-state index in [1.165, 1.54) is 0 Å². The maximum atomic E-state index is 12.8. The minimum atomic E-state index is -1.50. The maximum absolute atomic E-state index is 12.8. The molecule has 0 fully saturated rings. The molecule has 0 saturated heterocycles. The number of pyridine rings is 1. The van der Waals surface area contributed by atoms with E-state index in [1.54, 1.807) is 0 Å². The summed E-state index contributed by atoms with van der Waals surface area (Å²) < 4.78 is 20.8. The van der Waals surface area contributed by atoms with Gasteiger partial charge in [-0.2, -0.15) is 0 Å². The maximum Gasteiger partial charge on any atom is 0.356 e. The van der Waals surface area contributed by atoms with Crippen LogP contribution in [0.5, 0.6) is 17.2 Å². The van der Waals surface area contributed by atoms with Gasteiger partial charge in [-0.25, -0.2) is 14.4 Å². The second-order valence-electron chi connectivity index (χ2n) is 6.57. The summed E-state index contributed by atoms with van der Waals surface area (Å²) in [4.78, 5) is 37.2. The number of carbonyl (C=O) groups excluding carboxylic acids is 2. The van der Waals surface area contributed by atoms with Gasteiger partial charge in [0, 0.05) is 0 Å². The molecular formula is C19H23NO13. The van der Waals surface area contributed by atoms with E-state index in [9.17, 15) is 34.8 Å². The van der Waals surface area contributed by atoms with Gasteiger partial charge in [0.2, 0.25) is 0 Å². The van der Waals surface area contributed by atoms with Crippen LogP contribution < -0.4 is 9.47 Å². The van der Waals surface area contributed by atoms with E-state index >= 15 is 0 Å². The summed E-state index contributed by atoms with van der Waals surface area (Å²) in [6.07, 6.45) is -1.90. The summed E-state index contributed by atoms with van der Waals surface area (Å²) in [5.41, 5.74) is -2.36. The number of nitrogens with zero attached hydrogens (tertiary/aromatic N) is 1. The first kappa shape index (κ1) is 25.7. The fourth-order valence-electron chi connectivity index (χ4n) is 2.87. The van der Waals surface area contributed by atoms with Crippen LogP contribution in [0.15, 0.2) is 6.20 Å². The molecule has 0 aromatic carbocycles. The first-order chi connectivity index (χ1) is 15.6. The molecule has 0 aliphatic rings. The number of hydrogen-bond acceptors (Lipinski definition) is 12. The second kappa shape index (κ2) is 10.8. The van der Waals surface area contributed by atoms with Crippen molar-refractivity contribution in [1.82, 2.24) is 4.40 Å². The van der Waals surface area contributed by atoms with Crippen LogP contribution in [0.2, 0.25) is 0 Å². The van der Waals surface area contributed by atoms with Gasteiger partial charge in [-0.3, -0.25) is 4.40 Å². The summed E-state index contributed by atoms with van der Waals surface area (Å²) in [6, 6.07) is 0. The van der Waals surface area contributed by atoms with E-state index in [0.29, 0.717) is 0 Å². The van der Waals surface area contributed by atoms with Gasteiger partial charge in [0.15, 0.2) is 22.9 Å². The van der Waals surface area contributed by atoms with Gasteiger partial charge in [-0.15, -0.1) is 0 Å². The van der Waals surface area contributed by atoms with Gasteiger partial charge >= 0.3 is 17.9 Å². The topological polar surface area (TPSA) is 214 Å². The highest BCUT2D eigenvalue weighted by Crippen LogP contribution is 2.42. The Bertz CT molecular complexity index is 1040. The highest BCUT2D eigenvalue weighted by atomic mass is 16.6. The molecule has 0 amide bonds. The third kappa shape index (κ3) is 5.09. The Hall–Kier alpha value is -3.59. The summed E-state index contributed by atoms with van der Waals surface area (Å²) in [5.74, 6) is -5.76. The van der Waals surface area contributed by atoms with Crippen LogP contribution >= 0.6 is 0 Å². The Labute approximate surface area is 185 Å². The van der Waals surface area contributed by atoms with Gasteiger partial charge in [0.1, 0.15) is 42.1 Å². The van der Waals surface area contributed by atoms with Gasteiger partial charge in [-0.05, 0) is 0 Å². The number of rotatable bonds is 11. The number of hydrogen-bond donors (Lipinski definition) is 6. The number of fused-ring (bicyclic) bond motifs is 1. The van der Waals surface area contributed by atoms with Crippen LogP contribution in [-0.2, 0) is 9.47 Å². The van der Waals surface area contributed by atoms with Crippen molar-refractivity contribution in [3.8, 4) is 17.2 Å². The third-order valence-electron chi connectivity index (χ3n) is 4.39. The molecule has 14 heteroatoms. The molecule has 2 unspecified atom stereocenters. The zero-order chi connectivity index (χ0) is 24.9. The van der Waals surface area contributed by atoms with Gasteiger partial charge in [0.05, 0.1) is 33.6 Å². The van der Waals surface area contributed by atoms with Gasteiger partial charge in [0.25, 0.3) is 0 Å². The van der Waals surface area contributed by atoms with E-state index < -0.39 is 90.4 Å². The molecule has 0 radical (unpaired) electrons. The molecule has 182 valence electrons. The van der Waals surface area contributed by atoms with Crippen molar-refractivity contribution in [2.45, 2.75) is 12.2 Å². The number of carboxylic acid groups (broad SMARTS) is 1. The molecule has 14 nitrogen and oxygen atoms in total. The highest BCUT2D eigenvalue weighted by molar-refractivity contribution is 6.09. The summed E-state index contributed by atoms with van der Waals surface area (Å²) >= 11 is 0. The second-order valence-corrected chi connectivity index (χ2v) is 6.57. The molecule has 0 spiro atoms. The Kier molecular flexibility index (Phi) is 8.42. The summed E-state index contributed by atoms with van der Waals surface area (Å²) in [6.45, 7) is -2.84. The van der Waals surface area contributed by atoms with Crippen molar-refractivity contribution in [1.29, 1.82) is 0 Å². The smallest absolute Gasteiger partial charge is 0.356 e. The lowest BCUT2D eigenvalue weighted by atomic mass is 10.1. The summed E-state index contributed by atoms with van der Waals surface area (Å²) in [5, 5.41) is 57.0. The number of aromatic hydroxyl groups is 1. The molecule has 0 aliphatic heterocycles. The number of aliphatic hydroxyl groups excluding tert-OH is 4. The van der Waals surface area contributed by atoms with Crippen LogP contribution in [-0.4, -0.2) is 106 Å². The number of esters is 2. The molecule has 0 saturated carbocycles. The SMILES string of the molecule is COc1cn2c(C(=O)OCC(O)CO)c(C(=O)OCC(O)CO)c(O)c2c(OC)c1C(=O)O. The zero-order valence-corrected chi connectivity index (χ0v) is 17.5. The van der Waals surface area contributed by atoms with Crippen LogP contribution in [0.1, 0.15) is 31.2 Å². The number of aliphatic hydroxyl groups is 4. The predicted octanol–water partition coefficient (Wildman–Crippen LogP) is -1.62. The Morgan fingerprint density at radius 3 is 1.94 bits per heavy atom. The molecule has 2 aromatic heterocycles. The monoisotopic (exact) mass is 473 g/mol. The molecule has 2 atom stereocenters. The number of ether oxygens (including phenoxy) is 4. The molecule has 33 heavy (non-hydrogen) atoms. The van der Waals surface area contributed by atoms with E-state index in [1.807, 2.05) is 0 Å². The standard InChI is InChI=1S/C19H23NO13/c1-30-10-3-20-13(19(29)33-7-9(24)5-22)12(18(28)32-6-8(23)4-21)15(25)14(20)16(31-2)11(10)17(26)27/h3,8-9,21-25H,4-7H2,1-2H3,(H,26,27). The number of aromatic nitrogens is 1. The normalized spacial score (nSPS) is 12.8.